The number of rotatable bonds is 5. The van der Waals surface area contributed by atoms with E-state index in [0.29, 0.717) is 42.2 Å². The van der Waals surface area contributed by atoms with Gasteiger partial charge in [0.25, 0.3) is 5.91 Å². The molecule has 1 atom stereocenters. The number of hydrogen-bond donors (Lipinski definition) is 2. The van der Waals surface area contributed by atoms with E-state index >= 15 is 0 Å². The Morgan fingerprint density at radius 1 is 1.39 bits per heavy atom. The summed E-state index contributed by atoms with van der Waals surface area (Å²) in [6.07, 6.45) is 0.0679. The minimum absolute atomic E-state index is 0.227. The van der Waals surface area contributed by atoms with Crippen molar-refractivity contribution in [3.63, 3.8) is 0 Å². The van der Waals surface area contributed by atoms with E-state index in [1.165, 1.54) is 21.3 Å². The van der Waals surface area contributed by atoms with Crippen molar-refractivity contribution in [2.24, 2.45) is 5.92 Å². The number of nitrogens with zero attached hydrogens (tertiary/aromatic N) is 4. The van der Waals surface area contributed by atoms with E-state index in [1.807, 2.05) is 27.7 Å². The first-order valence-electron chi connectivity index (χ1n) is 10.5. The molecule has 0 spiro atoms. The van der Waals surface area contributed by atoms with E-state index in [1.54, 1.807) is 11.9 Å². The Morgan fingerprint density at radius 2 is 2.13 bits per heavy atom. The summed E-state index contributed by atoms with van der Waals surface area (Å²) < 4.78 is 0. The molecule has 4 rings (SSSR count). The van der Waals surface area contributed by atoms with Gasteiger partial charge in [-0.1, -0.05) is 13.8 Å². The fourth-order valence-electron chi connectivity index (χ4n) is 4.11. The van der Waals surface area contributed by atoms with Crippen LogP contribution >= 0.6 is 11.3 Å². The van der Waals surface area contributed by atoms with Gasteiger partial charge in [-0.25, -0.2) is 9.86 Å². The Balaban J connectivity index is 1.88. The van der Waals surface area contributed by atoms with Crippen LogP contribution in [-0.2, 0) is 11.3 Å². The van der Waals surface area contributed by atoms with Crippen molar-refractivity contribution in [1.29, 1.82) is 0 Å². The zero-order chi connectivity index (χ0) is 22.4. The summed E-state index contributed by atoms with van der Waals surface area (Å²) in [7, 11) is 1.56. The van der Waals surface area contributed by atoms with Crippen LogP contribution in [0.25, 0.3) is 0 Å². The molecule has 1 fully saturated rings. The van der Waals surface area contributed by atoms with E-state index in [0.717, 1.165) is 28.2 Å². The van der Waals surface area contributed by atoms with Crippen LogP contribution in [0.15, 0.2) is 0 Å². The number of amides is 3. The summed E-state index contributed by atoms with van der Waals surface area (Å²) >= 11 is 1.40. The van der Waals surface area contributed by atoms with Gasteiger partial charge in [0.15, 0.2) is 6.23 Å². The molecule has 0 radical (unpaired) electrons. The van der Waals surface area contributed by atoms with Crippen LogP contribution in [-0.4, -0.2) is 63.9 Å². The first-order chi connectivity index (χ1) is 14.7. The van der Waals surface area contributed by atoms with Gasteiger partial charge in [-0.05, 0) is 26.2 Å². The highest BCUT2D eigenvalue weighted by atomic mass is 32.1. The summed E-state index contributed by atoms with van der Waals surface area (Å²) in [6.45, 7) is 9.45. The zero-order valence-corrected chi connectivity index (χ0v) is 19.4. The molecule has 0 bridgehead atoms. The van der Waals surface area contributed by atoms with E-state index in [2.05, 4.69) is 10.2 Å². The average molecular weight is 448 g/mol. The third kappa shape index (κ3) is 3.72. The number of fused-ring (bicyclic) bond motifs is 1. The predicted molar refractivity (Wildman–Crippen MR) is 117 cm³/mol. The van der Waals surface area contributed by atoms with Crippen LogP contribution in [0.1, 0.15) is 64.2 Å². The Morgan fingerprint density at radius 3 is 2.71 bits per heavy atom. The van der Waals surface area contributed by atoms with Gasteiger partial charge in [0, 0.05) is 41.7 Å². The van der Waals surface area contributed by atoms with Crippen molar-refractivity contribution in [3.05, 3.63) is 33.0 Å². The number of H-pyrrole nitrogens is 1. The normalized spacial score (nSPS) is 19.0. The van der Waals surface area contributed by atoms with Crippen LogP contribution in [0.3, 0.4) is 0 Å². The van der Waals surface area contributed by atoms with Crippen LogP contribution < -0.4 is 4.90 Å². The Kier molecular flexibility index (Phi) is 5.80. The lowest BCUT2D eigenvalue weighted by molar-refractivity contribution is -0.0772. The van der Waals surface area contributed by atoms with Gasteiger partial charge < -0.3 is 5.11 Å². The largest absolute Gasteiger partial charge is 0.369 e. The third-order valence-electron chi connectivity index (χ3n) is 5.76. The number of carbonyl (C=O) groups excluding carboxylic acids is 2. The molecule has 31 heavy (non-hydrogen) atoms. The number of aliphatic hydroxyl groups excluding tert-OH is 1. The number of urea groups is 1. The maximum absolute atomic E-state index is 13.5. The van der Waals surface area contributed by atoms with Crippen LogP contribution in [0.5, 0.6) is 0 Å². The van der Waals surface area contributed by atoms with Crippen LogP contribution in [0.2, 0.25) is 0 Å². The molecule has 1 unspecified atom stereocenters. The Labute approximate surface area is 185 Å². The molecule has 0 aliphatic carbocycles. The molecule has 2 aliphatic heterocycles. The highest BCUT2D eigenvalue weighted by Crippen LogP contribution is 2.46. The van der Waals surface area contributed by atoms with Gasteiger partial charge in [-0.2, -0.15) is 5.10 Å². The Bertz CT molecular complexity index is 988. The number of thiophene rings is 1. The summed E-state index contributed by atoms with van der Waals surface area (Å²) in [5.74, 6) is -0.0412. The average Bonchev–Trinajstić information content (AvgIpc) is 3.45. The first kappa shape index (κ1) is 21.8. The molecule has 10 heteroatoms. The van der Waals surface area contributed by atoms with Gasteiger partial charge >= 0.3 is 6.03 Å². The molecule has 1 saturated heterocycles. The van der Waals surface area contributed by atoms with Crippen LogP contribution in [0.4, 0.5) is 9.80 Å². The number of aromatic amines is 1. The first-order valence-corrected chi connectivity index (χ1v) is 11.4. The molecule has 168 valence electrons. The summed E-state index contributed by atoms with van der Waals surface area (Å²) in [4.78, 5) is 35.8. The fourth-order valence-corrected chi connectivity index (χ4v) is 5.44. The minimum Gasteiger partial charge on any atom is -0.369 e. The van der Waals surface area contributed by atoms with Crippen molar-refractivity contribution < 1.29 is 19.5 Å². The van der Waals surface area contributed by atoms with Gasteiger partial charge in [-0.15, -0.1) is 11.3 Å². The number of hydrogen-bond acceptors (Lipinski definition) is 6. The number of aryl methyl sites for hydroxylation is 2. The number of anilines is 1. The molecule has 2 aromatic rings. The zero-order valence-electron chi connectivity index (χ0n) is 18.6. The smallest absolute Gasteiger partial charge is 0.327 e. The maximum Gasteiger partial charge on any atom is 0.327 e. The SMILES string of the molecule is Cc1n[nH]c(C)c1Cc1sc2c(c1C(=O)N1CCCO1)C(O)N(C)C(=O)N2CC(C)C. The quantitative estimate of drug-likeness (QED) is 0.734. The number of carbonyl (C=O) groups is 2. The molecule has 4 heterocycles. The lowest BCUT2D eigenvalue weighted by Crippen LogP contribution is -2.48. The van der Waals surface area contributed by atoms with Gasteiger partial charge in [0.05, 0.1) is 24.4 Å². The predicted octanol–water partition coefficient (Wildman–Crippen LogP) is 2.98. The standard InChI is InChI=1S/C21H29N5O4S/c1-11(2)10-25-20-17(18(27)24(5)21(25)29)16(19(28)26-7-6-8-30-26)15(31-20)9-14-12(3)22-23-13(14)4/h11,18,27H,6-10H2,1-5H3,(H,22,23). The van der Waals surface area contributed by atoms with E-state index in [9.17, 15) is 14.7 Å². The topological polar surface area (TPSA) is 102 Å². The fraction of sp³-hybridized carbons (Fsp3) is 0.571. The molecule has 2 aliphatic rings. The third-order valence-corrected chi connectivity index (χ3v) is 6.99. The lowest BCUT2D eigenvalue weighted by atomic mass is 10.0. The Hall–Kier alpha value is -2.43. The number of hydroxylamine groups is 2. The highest BCUT2D eigenvalue weighted by molar-refractivity contribution is 7.17. The molecule has 0 saturated carbocycles. The molecule has 2 aromatic heterocycles. The second kappa shape index (κ2) is 8.25. The van der Waals surface area contributed by atoms with Crippen molar-refractivity contribution in [3.8, 4) is 0 Å². The second-order valence-corrected chi connectivity index (χ2v) is 9.66. The van der Waals surface area contributed by atoms with E-state index in [4.69, 9.17) is 4.84 Å². The second-order valence-electron chi connectivity index (χ2n) is 8.57. The van der Waals surface area contributed by atoms with Crippen molar-refractivity contribution >= 4 is 28.3 Å². The van der Waals surface area contributed by atoms with Gasteiger partial charge in [0.2, 0.25) is 0 Å². The van der Waals surface area contributed by atoms with Crippen molar-refractivity contribution in [1.82, 2.24) is 20.2 Å². The van der Waals surface area contributed by atoms with Crippen molar-refractivity contribution in [2.75, 3.05) is 31.6 Å². The van der Waals surface area contributed by atoms with Gasteiger partial charge in [-0.3, -0.25) is 24.5 Å². The van der Waals surface area contributed by atoms with E-state index < -0.39 is 6.23 Å². The summed E-state index contributed by atoms with van der Waals surface area (Å²) in [5.41, 5.74) is 3.74. The molecule has 3 amide bonds. The summed E-state index contributed by atoms with van der Waals surface area (Å²) in [6, 6.07) is -0.270. The minimum atomic E-state index is -1.19. The monoisotopic (exact) mass is 447 g/mol. The van der Waals surface area contributed by atoms with Gasteiger partial charge in [0.1, 0.15) is 5.00 Å². The molecule has 9 nitrogen and oxygen atoms in total. The van der Waals surface area contributed by atoms with Crippen molar-refractivity contribution in [2.45, 2.75) is 46.8 Å². The highest BCUT2D eigenvalue weighted by Gasteiger charge is 2.42. The van der Waals surface area contributed by atoms with E-state index in [-0.39, 0.29) is 17.9 Å². The number of aliphatic hydroxyl groups is 1. The lowest BCUT2D eigenvalue weighted by Gasteiger charge is -2.37. The molecule has 0 aromatic carbocycles. The molecule has 2 N–H and O–H groups in total. The summed E-state index contributed by atoms with van der Waals surface area (Å²) in [5, 5.41) is 20.3. The molecular formula is C21H29N5O4S. The maximum atomic E-state index is 13.5. The number of aromatic nitrogens is 2. The number of nitrogens with one attached hydrogen (secondary N) is 1. The molecular weight excluding hydrogens is 418 g/mol. The van der Waals surface area contributed by atoms with Crippen LogP contribution in [0, 0.1) is 19.8 Å².